The van der Waals surface area contributed by atoms with E-state index in [9.17, 15) is 9.59 Å². The van der Waals surface area contributed by atoms with E-state index in [4.69, 9.17) is 21.1 Å². The molecule has 0 saturated heterocycles. The summed E-state index contributed by atoms with van der Waals surface area (Å²) in [4.78, 5) is 26.9. The van der Waals surface area contributed by atoms with Crippen molar-refractivity contribution in [3.05, 3.63) is 88.4 Å². The second-order valence-electron chi connectivity index (χ2n) is 7.49. The van der Waals surface area contributed by atoms with Crippen LogP contribution in [0, 0.1) is 0 Å². The van der Waals surface area contributed by atoms with Gasteiger partial charge in [0.15, 0.2) is 6.61 Å². The van der Waals surface area contributed by atoms with Gasteiger partial charge in [-0.05, 0) is 66.6 Å². The number of hydrogen-bond donors (Lipinski definition) is 1. The highest BCUT2D eigenvalue weighted by Gasteiger charge is 2.22. The van der Waals surface area contributed by atoms with Gasteiger partial charge < -0.3 is 19.7 Å². The average molecular weight is 451 g/mol. The molecule has 6 nitrogen and oxygen atoms in total. The van der Waals surface area contributed by atoms with E-state index >= 15 is 0 Å². The number of nitrogens with zero attached hydrogens (tertiary/aromatic N) is 1. The van der Waals surface area contributed by atoms with Crippen LogP contribution in [0.3, 0.4) is 0 Å². The number of hydrogen-bond acceptors (Lipinski definition) is 4. The summed E-state index contributed by atoms with van der Waals surface area (Å²) in [6, 6.07) is 19.9. The maximum atomic E-state index is 12.6. The van der Waals surface area contributed by atoms with Gasteiger partial charge in [0, 0.05) is 34.9 Å². The van der Waals surface area contributed by atoms with Crippen LogP contribution in [-0.4, -0.2) is 37.0 Å². The van der Waals surface area contributed by atoms with E-state index in [0.29, 0.717) is 35.1 Å². The summed E-state index contributed by atoms with van der Waals surface area (Å²) in [5.41, 5.74) is 3.11. The van der Waals surface area contributed by atoms with Gasteiger partial charge in [-0.1, -0.05) is 23.7 Å². The molecule has 32 heavy (non-hydrogen) atoms. The Morgan fingerprint density at radius 3 is 2.56 bits per heavy atom. The molecule has 1 N–H and O–H groups in total. The molecular weight excluding hydrogens is 428 g/mol. The number of carbonyl (C=O) groups excluding carboxylic acids is 2. The van der Waals surface area contributed by atoms with Gasteiger partial charge in [-0.3, -0.25) is 9.59 Å². The van der Waals surface area contributed by atoms with Crippen LogP contribution < -0.4 is 14.8 Å². The van der Waals surface area contributed by atoms with Crippen molar-refractivity contribution in [2.24, 2.45) is 0 Å². The van der Waals surface area contributed by atoms with Crippen molar-refractivity contribution in [1.29, 1.82) is 0 Å². The third-order valence-electron chi connectivity index (χ3n) is 5.32. The zero-order valence-corrected chi connectivity index (χ0v) is 18.4. The van der Waals surface area contributed by atoms with Crippen molar-refractivity contribution in [3.63, 3.8) is 0 Å². The number of ether oxygens (including phenoxy) is 2. The van der Waals surface area contributed by atoms with E-state index in [0.717, 1.165) is 23.3 Å². The first kappa shape index (κ1) is 21.7. The van der Waals surface area contributed by atoms with Crippen LogP contribution in [0.15, 0.2) is 66.7 Å². The van der Waals surface area contributed by atoms with E-state index in [1.165, 1.54) is 0 Å². The Morgan fingerprint density at radius 2 is 1.84 bits per heavy atom. The minimum absolute atomic E-state index is 0.00784. The number of anilines is 1. The molecule has 1 aliphatic rings. The van der Waals surface area contributed by atoms with E-state index in [2.05, 4.69) is 5.32 Å². The smallest absolute Gasteiger partial charge is 0.260 e. The predicted molar refractivity (Wildman–Crippen MR) is 123 cm³/mol. The third kappa shape index (κ3) is 5.21. The molecule has 0 aliphatic carbocycles. The highest BCUT2D eigenvalue weighted by molar-refractivity contribution is 6.30. The van der Waals surface area contributed by atoms with Gasteiger partial charge in [0.1, 0.15) is 11.5 Å². The molecule has 0 unspecified atom stereocenters. The van der Waals surface area contributed by atoms with E-state index in [1.54, 1.807) is 48.4 Å². The SMILES string of the molecule is COc1ccc(CCN2Cc3cc(NC(=O)c4ccc(Cl)cc4)ccc3OCC2=O)cc1. The molecule has 0 aromatic heterocycles. The number of carbonyl (C=O) groups is 2. The topological polar surface area (TPSA) is 67.9 Å². The molecule has 0 spiro atoms. The molecule has 0 fully saturated rings. The van der Waals surface area contributed by atoms with Crippen molar-refractivity contribution in [3.8, 4) is 11.5 Å². The van der Waals surface area contributed by atoms with Gasteiger partial charge in [0.05, 0.1) is 7.11 Å². The maximum Gasteiger partial charge on any atom is 0.260 e. The number of benzene rings is 3. The van der Waals surface area contributed by atoms with E-state index in [1.807, 2.05) is 30.3 Å². The quantitative estimate of drug-likeness (QED) is 0.597. The standard InChI is InChI=1S/C25H23ClN2O4/c1-31-22-9-2-17(3-10-22)12-13-28-15-19-14-21(8-11-23(19)32-16-24(28)29)27-25(30)18-4-6-20(26)7-5-18/h2-11,14H,12-13,15-16H2,1H3,(H,27,30). The number of nitrogens with one attached hydrogen (secondary N) is 1. The lowest BCUT2D eigenvalue weighted by Gasteiger charge is -2.20. The molecule has 0 saturated carbocycles. The Balaban J connectivity index is 1.45. The van der Waals surface area contributed by atoms with Crippen LogP contribution in [0.25, 0.3) is 0 Å². The first-order valence-corrected chi connectivity index (χ1v) is 10.6. The van der Waals surface area contributed by atoms with E-state index < -0.39 is 0 Å². The molecule has 2 amide bonds. The fourth-order valence-corrected chi connectivity index (χ4v) is 3.64. The van der Waals surface area contributed by atoms with Gasteiger partial charge in [0.2, 0.25) is 0 Å². The van der Waals surface area contributed by atoms with Crippen LogP contribution in [0.2, 0.25) is 5.02 Å². The van der Waals surface area contributed by atoms with Gasteiger partial charge >= 0.3 is 0 Å². The number of halogens is 1. The Hall–Kier alpha value is -3.51. The van der Waals surface area contributed by atoms with Crippen molar-refractivity contribution < 1.29 is 19.1 Å². The molecule has 3 aromatic rings. The van der Waals surface area contributed by atoms with Crippen LogP contribution in [0.1, 0.15) is 21.5 Å². The van der Waals surface area contributed by atoms with Crippen molar-refractivity contribution in [1.82, 2.24) is 4.90 Å². The third-order valence-corrected chi connectivity index (χ3v) is 5.57. The lowest BCUT2D eigenvalue weighted by molar-refractivity contribution is -0.133. The fourth-order valence-electron chi connectivity index (χ4n) is 3.51. The second-order valence-corrected chi connectivity index (χ2v) is 7.92. The molecule has 0 bridgehead atoms. The van der Waals surface area contributed by atoms with Gasteiger partial charge in [-0.15, -0.1) is 0 Å². The highest BCUT2D eigenvalue weighted by Crippen LogP contribution is 2.27. The molecule has 164 valence electrons. The normalized spacial score (nSPS) is 13.1. The monoisotopic (exact) mass is 450 g/mol. The molecule has 4 rings (SSSR count). The van der Waals surface area contributed by atoms with Crippen LogP contribution in [0.5, 0.6) is 11.5 Å². The van der Waals surface area contributed by atoms with Crippen molar-refractivity contribution >= 4 is 29.1 Å². The molecule has 1 aliphatic heterocycles. The predicted octanol–water partition coefficient (Wildman–Crippen LogP) is 4.56. The van der Waals surface area contributed by atoms with Crippen LogP contribution in [-0.2, 0) is 17.8 Å². The summed E-state index contributed by atoms with van der Waals surface area (Å²) < 4.78 is 10.9. The zero-order valence-electron chi connectivity index (χ0n) is 17.6. The first-order valence-electron chi connectivity index (χ1n) is 10.2. The van der Waals surface area contributed by atoms with Gasteiger partial charge in [-0.2, -0.15) is 0 Å². The molecule has 0 atom stereocenters. The lowest BCUT2D eigenvalue weighted by Crippen LogP contribution is -2.34. The molecule has 0 radical (unpaired) electrons. The van der Waals surface area contributed by atoms with Crippen molar-refractivity contribution in [2.75, 3.05) is 25.6 Å². The van der Waals surface area contributed by atoms with Crippen LogP contribution in [0.4, 0.5) is 5.69 Å². The summed E-state index contributed by atoms with van der Waals surface area (Å²) in [6.07, 6.45) is 0.720. The lowest BCUT2D eigenvalue weighted by atomic mass is 10.1. The zero-order chi connectivity index (χ0) is 22.5. The minimum atomic E-state index is -0.233. The second kappa shape index (κ2) is 9.75. The fraction of sp³-hybridized carbons (Fsp3) is 0.200. The largest absolute Gasteiger partial charge is 0.497 e. The van der Waals surface area contributed by atoms with Crippen molar-refractivity contribution in [2.45, 2.75) is 13.0 Å². The Kier molecular flexibility index (Phi) is 6.61. The number of amides is 2. The highest BCUT2D eigenvalue weighted by atomic mass is 35.5. The first-order chi connectivity index (χ1) is 15.5. The number of methoxy groups -OCH3 is 1. The summed E-state index contributed by atoms with van der Waals surface area (Å²) in [5.74, 6) is 1.15. The van der Waals surface area contributed by atoms with E-state index in [-0.39, 0.29) is 18.4 Å². The summed E-state index contributed by atoms with van der Waals surface area (Å²) in [6.45, 7) is 0.969. The Labute approximate surface area is 191 Å². The number of fused-ring (bicyclic) bond motifs is 1. The molecular formula is C25H23ClN2O4. The van der Waals surface area contributed by atoms with Gasteiger partial charge in [-0.25, -0.2) is 0 Å². The number of rotatable bonds is 6. The minimum Gasteiger partial charge on any atom is -0.497 e. The average Bonchev–Trinajstić information content (AvgIpc) is 2.96. The maximum absolute atomic E-state index is 12.6. The summed E-state index contributed by atoms with van der Waals surface area (Å²) in [7, 11) is 1.63. The summed E-state index contributed by atoms with van der Waals surface area (Å²) in [5, 5.41) is 3.46. The molecule has 1 heterocycles. The Bertz CT molecular complexity index is 1110. The molecule has 7 heteroatoms. The van der Waals surface area contributed by atoms with Gasteiger partial charge in [0.25, 0.3) is 11.8 Å². The van der Waals surface area contributed by atoms with Crippen LogP contribution >= 0.6 is 11.6 Å². The molecule has 3 aromatic carbocycles. The summed E-state index contributed by atoms with van der Waals surface area (Å²) >= 11 is 5.89. The Morgan fingerprint density at radius 1 is 1.09 bits per heavy atom.